The lowest BCUT2D eigenvalue weighted by molar-refractivity contribution is 0.143. The molecule has 0 unspecified atom stereocenters. The Labute approximate surface area is 156 Å². The molecule has 1 heterocycles. The van der Waals surface area contributed by atoms with E-state index in [4.69, 9.17) is 0 Å². The van der Waals surface area contributed by atoms with Gasteiger partial charge in [-0.25, -0.2) is 4.79 Å². The fourth-order valence-corrected chi connectivity index (χ4v) is 3.45. The number of nitrogens with one attached hydrogen (secondary N) is 1. The van der Waals surface area contributed by atoms with Gasteiger partial charge in [0.1, 0.15) is 0 Å². The summed E-state index contributed by atoms with van der Waals surface area (Å²) in [7, 11) is 0. The minimum atomic E-state index is 0.0176. The van der Waals surface area contributed by atoms with Crippen LogP contribution in [0.15, 0.2) is 42.5 Å². The van der Waals surface area contributed by atoms with Crippen LogP contribution < -0.4 is 5.32 Å². The Kier molecular flexibility index (Phi) is 5.94. The molecule has 0 spiro atoms. The van der Waals surface area contributed by atoms with E-state index in [-0.39, 0.29) is 6.03 Å². The van der Waals surface area contributed by atoms with Crippen molar-refractivity contribution in [3.63, 3.8) is 0 Å². The van der Waals surface area contributed by atoms with Crippen molar-refractivity contribution in [1.29, 1.82) is 0 Å². The highest BCUT2D eigenvalue weighted by Crippen LogP contribution is 2.22. The lowest BCUT2D eigenvalue weighted by Crippen LogP contribution is -2.49. The van der Waals surface area contributed by atoms with Crippen LogP contribution in [0, 0.1) is 13.8 Å². The molecule has 3 rings (SSSR count). The van der Waals surface area contributed by atoms with Gasteiger partial charge in [0.05, 0.1) is 0 Å². The van der Waals surface area contributed by atoms with Gasteiger partial charge in [0.2, 0.25) is 0 Å². The molecule has 4 nitrogen and oxygen atoms in total. The first-order valence-electron chi connectivity index (χ1n) is 9.49. The number of nitrogens with zero attached hydrogens (tertiary/aromatic N) is 2. The highest BCUT2D eigenvalue weighted by atomic mass is 16.2. The van der Waals surface area contributed by atoms with Gasteiger partial charge in [-0.05, 0) is 37.0 Å². The van der Waals surface area contributed by atoms with E-state index in [0.717, 1.165) is 50.4 Å². The summed E-state index contributed by atoms with van der Waals surface area (Å²) in [5.74, 6) is 0. The maximum absolute atomic E-state index is 12.7. The van der Waals surface area contributed by atoms with Crippen molar-refractivity contribution in [3.05, 3.63) is 64.7 Å². The summed E-state index contributed by atoms with van der Waals surface area (Å²) in [5, 5.41) is 3.14. The molecule has 1 N–H and O–H groups in total. The zero-order chi connectivity index (χ0) is 18.5. The summed E-state index contributed by atoms with van der Waals surface area (Å²) in [6.07, 6.45) is 0.918. The van der Waals surface area contributed by atoms with Gasteiger partial charge < -0.3 is 10.2 Å². The van der Waals surface area contributed by atoms with E-state index < -0.39 is 0 Å². The number of urea groups is 1. The SMILES string of the molecule is CCc1cccc(C)c1NC(=O)N1CCN(Cc2ccc(C)cc2)CC1. The van der Waals surface area contributed by atoms with Crippen LogP contribution in [0.4, 0.5) is 10.5 Å². The maximum atomic E-state index is 12.7. The Hall–Kier alpha value is -2.33. The molecule has 0 bridgehead atoms. The van der Waals surface area contributed by atoms with Crippen molar-refractivity contribution in [2.24, 2.45) is 0 Å². The first-order valence-corrected chi connectivity index (χ1v) is 9.49. The molecule has 1 saturated heterocycles. The zero-order valence-electron chi connectivity index (χ0n) is 16.1. The number of piperazine rings is 1. The largest absolute Gasteiger partial charge is 0.322 e. The monoisotopic (exact) mass is 351 g/mol. The molecule has 0 radical (unpaired) electrons. The van der Waals surface area contributed by atoms with Crippen LogP contribution in [0.3, 0.4) is 0 Å². The van der Waals surface area contributed by atoms with E-state index in [0.29, 0.717) is 0 Å². The third kappa shape index (κ3) is 4.44. The van der Waals surface area contributed by atoms with Gasteiger partial charge in [-0.2, -0.15) is 0 Å². The number of benzene rings is 2. The van der Waals surface area contributed by atoms with Crippen molar-refractivity contribution >= 4 is 11.7 Å². The van der Waals surface area contributed by atoms with Gasteiger partial charge in [0.25, 0.3) is 0 Å². The summed E-state index contributed by atoms with van der Waals surface area (Å²) in [5.41, 5.74) is 5.91. The number of aryl methyl sites for hydroxylation is 3. The van der Waals surface area contributed by atoms with Gasteiger partial charge >= 0.3 is 6.03 Å². The minimum absolute atomic E-state index is 0.0176. The first-order chi connectivity index (χ1) is 12.6. The Balaban J connectivity index is 1.55. The van der Waals surface area contributed by atoms with E-state index in [1.807, 2.05) is 24.0 Å². The molecule has 138 valence electrons. The Morgan fingerprint density at radius 2 is 1.69 bits per heavy atom. The molecule has 0 saturated carbocycles. The van der Waals surface area contributed by atoms with Gasteiger partial charge in [0.15, 0.2) is 0 Å². The third-order valence-electron chi connectivity index (χ3n) is 5.16. The molecule has 2 aromatic carbocycles. The lowest BCUT2D eigenvalue weighted by Gasteiger charge is -2.35. The molecule has 1 aliphatic heterocycles. The molecule has 0 aromatic heterocycles. The van der Waals surface area contributed by atoms with Gasteiger partial charge in [-0.15, -0.1) is 0 Å². The van der Waals surface area contributed by atoms with Crippen LogP contribution in [0.25, 0.3) is 0 Å². The first kappa shape index (κ1) is 18.5. The fraction of sp³-hybridized carbons (Fsp3) is 0.409. The Morgan fingerprint density at radius 1 is 1.00 bits per heavy atom. The van der Waals surface area contributed by atoms with Crippen molar-refractivity contribution in [1.82, 2.24) is 9.80 Å². The summed E-state index contributed by atoms with van der Waals surface area (Å²) < 4.78 is 0. The molecule has 2 amide bonds. The van der Waals surface area contributed by atoms with Crippen LogP contribution in [-0.4, -0.2) is 42.0 Å². The summed E-state index contributed by atoms with van der Waals surface area (Å²) in [6.45, 7) is 10.6. The molecular formula is C22H29N3O. The van der Waals surface area contributed by atoms with E-state index in [2.05, 4.69) is 54.4 Å². The minimum Gasteiger partial charge on any atom is -0.322 e. The van der Waals surface area contributed by atoms with Crippen LogP contribution in [0.1, 0.15) is 29.2 Å². The number of para-hydroxylation sites is 1. The van der Waals surface area contributed by atoms with Crippen LogP contribution in [0.2, 0.25) is 0 Å². The summed E-state index contributed by atoms with van der Waals surface area (Å²) in [4.78, 5) is 17.0. The van der Waals surface area contributed by atoms with Gasteiger partial charge in [-0.1, -0.05) is 55.0 Å². The molecule has 2 aromatic rings. The predicted octanol–water partition coefficient (Wildman–Crippen LogP) is 4.22. The molecular weight excluding hydrogens is 322 g/mol. The second-order valence-electron chi connectivity index (χ2n) is 7.14. The summed E-state index contributed by atoms with van der Waals surface area (Å²) >= 11 is 0. The third-order valence-corrected chi connectivity index (χ3v) is 5.16. The molecule has 1 aliphatic rings. The average Bonchev–Trinajstić information content (AvgIpc) is 2.65. The highest BCUT2D eigenvalue weighted by molar-refractivity contribution is 5.91. The van der Waals surface area contributed by atoms with Crippen molar-refractivity contribution in [2.45, 2.75) is 33.7 Å². The quantitative estimate of drug-likeness (QED) is 0.895. The topological polar surface area (TPSA) is 35.6 Å². The van der Waals surface area contributed by atoms with Crippen LogP contribution >= 0.6 is 0 Å². The number of anilines is 1. The number of carbonyl (C=O) groups is 1. The predicted molar refractivity (Wildman–Crippen MR) is 108 cm³/mol. The van der Waals surface area contributed by atoms with Crippen LogP contribution in [-0.2, 0) is 13.0 Å². The van der Waals surface area contributed by atoms with E-state index in [1.54, 1.807) is 0 Å². The number of hydrogen-bond acceptors (Lipinski definition) is 2. The van der Waals surface area contributed by atoms with Gasteiger partial charge in [-0.3, -0.25) is 4.90 Å². The standard InChI is InChI=1S/C22H29N3O/c1-4-20-7-5-6-18(3)21(20)23-22(26)25-14-12-24(13-15-25)16-19-10-8-17(2)9-11-19/h5-11H,4,12-16H2,1-3H3,(H,23,26). The van der Waals surface area contributed by atoms with Crippen LogP contribution in [0.5, 0.6) is 0 Å². The maximum Gasteiger partial charge on any atom is 0.321 e. The second kappa shape index (κ2) is 8.37. The summed E-state index contributed by atoms with van der Waals surface area (Å²) in [6, 6.07) is 14.9. The molecule has 1 fully saturated rings. The van der Waals surface area contributed by atoms with Crippen molar-refractivity contribution in [2.75, 3.05) is 31.5 Å². The fourth-order valence-electron chi connectivity index (χ4n) is 3.45. The van der Waals surface area contributed by atoms with E-state index in [1.165, 1.54) is 16.7 Å². The Morgan fingerprint density at radius 3 is 2.35 bits per heavy atom. The van der Waals surface area contributed by atoms with Gasteiger partial charge in [0, 0.05) is 38.4 Å². The van der Waals surface area contributed by atoms with Crippen molar-refractivity contribution in [3.8, 4) is 0 Å². The molecule has 4 heteroatoms. The molecule has 26 heavy (non-hydrogen) atoms. The number of rotatable bonds is 4. The lowest BCUT2D eigenvalue weighted by atomic mass is 10.1. The normalized spacial score (nSPS) is 15.1. The number of amides is 2. The average molecular weight is 351 g/mol. The van der Waals surface area contributed by atoms with Crippen molar-refractivity contribution < 1.29 is 4.79 Å². The number of carbonyl (C=O) groups excluding carboxylic acids is 1. The molecule has 0 aliphatic carbocycles. The second-order valence-corrected chi connectivity index (χ2v) is 7.14. The smallest absolute Gasteiger partial charge is 0.321 e. The highest BCUT2D eigenvalue weighted by Gasteiger charge is 2.22. The van der Waals surface area contributed by atoms with E-state index in [9.17, 15) is 4.79 Å². The zero-order valence-corrected chi connectivity index (χ0v) is 16.1. The molecule has 0 atom stereocenters. The Bertz CT molecular complexity index is 746. The number of hydrogen-bond donors (Lipinski definition) is 1. The van der Waals surface area contributed by atoms with E-state index >= 15 is 0 Å².